The summed E-state index contributed by atoms with van der Waals surface area (Å²) in [6, 6.07) is 9.59. The van der Waals surface area contributed by atoms with Crippen molar-refractivity contribution in [2.24, 2.45) is 5.92 Å². The number of Topliss-reactive ketones (excluding diaryl/α,β-unsaturated/α-hetero) is 1. The number of benzene rings is 1. The second-order valence-electron chi connectivity index (χ2n) is 3.97. The molecule has 1 heteroatoms. The molecule has 0 amide bonds. The highest BCUT2D eigenvalue weighted by atomic mass is 16.1. The summed E-state index contributed by atoms with van der Waals surface area (Å²) in [5.41, 5.74) is 0.899. The number of hydrogen-bond acceptors (Lipinski definition) is 1. The fourth-order valence-corrected chi connectivity index (χ4v) is 1.15. The minimum absolute atomic E-state index is 0.0348. The van der Waals surface area contributed by atoms with Gasteiger partial charge in [-0.15, -0.1) is 0 Å². The fraction of sp³-hybridized carbons (Fsp3) is 0.357. The van der Waals surface area contributed by atoms with E-state index in [9.17, 15) is 4.79 Å². The van der Waals surface area contributed by atoms with Gasteiger partial charge in [0.2, 0.25) is 5.78 Å². The predicted octanol–water partition coefficient (Wildman–Crippen LogP) is 3.04. The van der Waals surface area contributed by atoms with Crippen molar-refractivity contribution in [1.29, 1.82) is 0 Å². The van der Waals surface area contributed by atoms with Gasteiger partial charge in [-0.2, -0.15) is 0 Å². The zero-order valence-corrected chi connectivity index (χ0v) is 9.29. The Hall–Kier alpha value is -1.55. The van der Waals surface area contributed by atoms with E-state index in [0.29, 0.717) is 12.3 Å². The molecule has 1 aromatic carbocycles. The van der Waals surface area contributed by atoms with Crippen LogP contribution in [0.25, 0.3) is 0 Å². The standard InChI is InChI=1S/C14H16O/c1-12(2)8-10-14(15)11-9-13-6-4-3-5-7-13/h3-7,12H,8,10H2,1-2H3. The summed E-state index contributed by atoms with van der Waals surface area (Å²) in [7, 11) is 0. The van der Waals surface area contributed by atoms with Gasteiger partial charge in [0.05, 0.1) is 0 Å². The first kappa shape index (κ1) is 11.5. The molecule has 0 radical (unpaired) electrons. The lowest BCUT2D eigenvalue weighted by Crippen LogP contribution is -1.96. The van der Waals surface area contributed by atoms with E-state index in [2.05, 4.69) is 25.7 Å². The molecule has 1 nitrogen and oxygen atoms in total. The number of ketones is 1. The molecule has 0 fully saturated rings. The Kier molecular flexibility index (Phi) is 4.63. The van der Waals surface area contributed by atoms with E-state index in [0.717, 1.165) is 12.0 Å². The van der Waals surface area contributed by atoms with Gasteiger partial charge in [0.15, 0.2) is 0 Å². The lowest BCUT2D eigenvalue weighted by Gasteiger charge is -1.98. The summed E-state index contributed by atoms with van der Waals surface area (Å²) < 4.78 is 0. The Balaban J connectivity index is 2.48. The molecule has 78 valence electrons. The molecule has 0 N–H and O–H groups in total. The lowest BCUT2D eigenvalue weighted by atomic mass is 10.1. The van der Waals surface area contributed by atoms with Gasteiger partial charge < -0.3 is 0 Å². The third kappa shape index (κ3) is 5.02. The van der Waals surface area contributed by atoms with Gasteiger partial charge in [-0.25, -0.2) is 0 Å². The molecule has 0 atom stereocenters. The first-order valence-corrected chi connectivity index (χ1v) is 5.28. The predicted molar refractivity (Wildman–Crippen MR) is 62.4 cm³/mol. The van der Waals surface area contributed by atoms with E-state index in [4.69, 9.17) is 0 Å². The van der Waals surface area contributed by atoms with Crippen LogP contribution >= 0.6 is 0 Å². The van der Waals surface area contributed by atoms with Crippen molar-refractivity contribution in [2.45, 2.75) is 26.7 Å². The third-order valence-corrected chi connectivity index (χ3v) is 2.07. The van der Waals surface area contributed by atoms with Crippen LogP contribution in [0.5, 0.6) is 0 Å². The highest BCUT2D eigenvalue weighted by molar-refractivity contribution is 5.95. The van der Waals surface area contributed by atoms with Crippen LogP contribution in [0.2, 0.25) is 0 Å². The van der Waals surface area contributed by atoms with E-state index in [-0.39, 0.29) is 5.78 Å². The van der Waals surface area contributed by atoms with Crippen molar-refractivity contribution in [1.82, 2.24) is 0 Å². The molecule has 0 saturated carbocycles. The lowest BCUT2D eigenvalue weighted by molar-refractivity contribution is -0.114. The van der Waals surface area contributed by atoms with Crippen LogP contribution in [0, 0.1) is 17.8 Å². The third-order valence-electron chi connectivity index (χ3n) is 2.07. The fourth-order valence-electron chi connectivity index (χ4n) is 1.15. The molecule has 15 heavy (non-hydrogen) atoms. The zero-order valence-electron chi connectivity index (χ0n) is 9.29. The molecule has 0 aromatic heterocycles. The van der Waals surface area contributed by atoms with Crippen LogP contribution in [0.1, 0.15) is 32.3 Å². The van der Waals surface area contributed by atoms with Crippen molar-refractivity contribution in [3.05, 3.63) is 35.9 Å². The van der Waals surface area contributed by atoms with Gasteiger partial charge in [-0.3, -0.25) is 4.79 Å². The molecule has 0 heterocycles. The van der Waals surface area contributed by atoms with Crippen LogP contribution < -0.4 is 0 Å². The Labute approximate surface area is 91.5 Å². The molecule has 0 unspecified atom stereocenters. The average molecular weight is 200 g/mol. The molecule has 0 saturated heterocycles. The van der Waals surface area contributed by atoms with Gasteiger partial charge >= 0.3 is 0 Å². The summed E-state index contributed by atoms with van der Waals surface area (Å²) in [4.78, 5) is 11.3. The Morgan fingerprint density at radius 1 is 1.27 bits per heavy atom. The van der Waals surface area contributed by atoms with Gasteiger partial charge in [0.25, 0.3) is 0 Å². The largest absolute Gasteiger partial charge is 0.285 e. The van der Waals surface area contributed by atoms with E-state index in [1.54, 1.807) is 0 Å². The Morgan fingerprint density at radius 2 is 1.93 bits per heavy atom. The zero-order chi connectivity index (χ0) is 11.1. The highest BCUT2D eigenvalue weighted by Gasteiger charge is 1.99. The van der Waals surface area contributed by atoms with Gasteiger partial charge in [-0.1, -0.05) is 38.0 Å². The minimum atomic E-state index is 0.0348. The van der Waals surface area contributed by atoms with Crippen molar-refractivity contribution >= 4 is 5.78 Å². The second kappa shape index (κ2) is 6.03. The molecular formula is C14H16O. The van der Waals surface area contributed by atoms with Crippen LogP contribution in [0.3, 0.4) is 0 Å². The van der Waals surface area contributed by atoms with Crippen molar-refractivity contribution < 1.29 is 4.79 Å². The Morgan fingerprint density at radius 3 is 2.53 bits per heavy atom. The quantitative estimate of drug-likeness (QED) is 0.685. The summed E-state index contributed by atoms with van der Waals surface area (Å²) in [6.07, 6.45) is 1.49. The molecular weight excluding hydrogens is 184 g/mol. The normalized spacial score (nSPS) is 9.53. The number of rotatable bonds is 3. The number of carbonyl (C=O) groups is 1. The van der Waals surface area contributed by atoms with Crippen LogP contribution in [-0.4, -0.2) is 5.78 Å². The maximum Gasteiger partial charge on any atom is 0.205 e. The van der Waals surface area contributed by atoms with Crippen LogP contribution in [-0.2, 0) is 4.79 Å². The smallest absolute Gasteiger partial charge is 0.205 e. The highest BCUT2D eigenvalue weighted by Crippen LogP contribution is 2.03. The first-order valence-electron chi connectivity index (χ1n) is 5.28. The van der Waals surface area contributed by atoms with E-state index in [1.165, 1.54) is 0 Å². The molecule has 0 aliphatic carbocycles. The van der Waals surface area contributed by atoms with Gasteiger partial charge in [-0.05, 0) is 30.4 Å². The number of carbonyl (C=O) groups excluding carboxylic acids is 1. The summed E-state index contributed by atoms with van der Waals surface area (Å²) >= 11 is 0. The molecule has 0 bridgehead atoms. The molecule has 0 spiro atoms. The minimum Gasteiger partial charge on any atom is -0.285 e. The van der Waals surface area contributed by atoms with Crippen molar-refractivity contribution in [3.8, 4) is 11.8 Å². The summed E-state index contributed by atoms with van der Waals surface area (Å²) in [6.45, 7) is 4.22. The van der Waals surface area contributed by atoms with Crippen LogP contribution in [0.4, 0.5) is 0 Å². The van der Waals surface area contributed by atoms with Gasteiger partial charge in [0, 0.05) is 12.0 Å². The summed E-state index contributed by atoms with van der Waals surface area (Å²) in [5.74, 6) is 6.13. The maximum absolute atomic E-state index is 11.3. The monoisotopic (exact) mass is 200 g/mol. The molecule has 1 aromatic rings. The molecule has 1 rings (SSSR count). The topological polar surface area (TPSA) is 17.1 Å². The Bertz CT molecular complexity index is 365. The molecule has 0 aliphatic heterocycles. The summed E-state index contributed by atoms with van der Waals surface area (Å²) in [5, 5.41) is 0. The van der Waals surface area contributed by atoms with E-state index < -0.39 is 0 Å². The van der Waals surface area contributed by atoms with Crippen molar-refractivity contribution in [3.63, 3.8) is 0 Å². The van der Waals surface area contributed by atoms with Gasteiger partial charge in [0.1, 0.15) is 0 Å². The van der Waals surface area contributed by atoms with Crippen molar-refractivity contribution in [2.75, 3.05) is 0 Å². The average Bonchev–Trinajstić information content (AvgIpc) is 2.25. The number of hydrogen-bond donors (Lipinski definition) is 0. The molecule has 0 aliphatic rings. The van der Waals surface area contributed by atoms with E-state index in [1.807, 2.05) is 30.3 Å². The maximum atomic E-state index is 11.3. The second-order valence-corrected chi connectivity index (χ2v) is 3.97. The first-order chi connectivity index (χ1) is 7.18. The van der Waals surface area contributed by atoms with E-state index >= 15 is 0 Å². The van der Waals surface area contributed by atoms with Crippen LogP contribution in [0.15, 0.2) is 30.3 Å². The SMILES string of the molecule is CC(C)CCC(=O)C#Cc1ccccc1.